The van der Waals surface area contributed by atoms with Crippen LogP contribution < -0.4 is 14.2 Å². The van der Waals surface area contributed by atoms with Crippen molar-refractivity contribution in [1.82, 2.24) is 14.5 Å². The van der Waals surface area contributed by atoms with E-state index in [2.05, 4.69) is 10.2 Å². The maximum atomic E-state index is 13.4. The Morgan fingerprint density at radius 3 is 2.53 bits per heavy atom. The Labute approximate surface area is 187 Å². The van der Waals surface area contributed by atoms with Crippen LogP contribution in [-0.4, -0.2) is 57.3 Å². The van der Waals surface area contributed by atoms with Gasteiger partial charge in [-0.3, -0.25) is 0 Å². The van der Waals surface area contributed by atoms with E-state index in [0.29, 0.717) is 36.2 Å². The van der Waals surface area contributed by atoms with Crippen LogP contribution in [0.25, 0.3) is 11.5 Å². The summed E-state index contributed by atoms with van der Waals surface area (Å²) in [6, 6.07) is 12.1. The zero-order chi connectivity index (χ0) is 22.7. The molecule has 1 fully saturated rings. The van der Waals surface area contributed by atoms with Gasteiger partial charge in [-0.05, 0) is 43.2 Å². The molecule has 2 heterocycles. The lowest BCUT2D eigenvalue weighted by Gasteiger charge is -2.30. The van der Waals surface area contributed by atoms with Crippen molar-refractivity contribution in [3.63, 3.8) is 0 Å². The molecule has 0 amide bonds. The van der Waals surface area contributed by atoms with Crippen molar-refractivity contribution in [1.29, 1.82) is 0 Å². The van der Waals surface area contributed by atoms with Crippen LogP contribution in [0, 0.1) is 0 Å². The average Bonchev–Trinajstić information content (AvgIpc) is 3.34. The molecule has 1 atom stereocenters. The maximum absolute atomic E-state index is 13.4. The van der Waals surface area contributed by atoms with E-state index < -0.39 is 10.0 Å². The average molecular weight is 460 g/mol. The molecule has 1 aromatic heterocycles. The van der Waals surface area contributed by atoms with E-state index >= 15 is 0 Å². The van der Waals surface area contributed by atoms with Crippen molar-refractivity contribution in [3.05, 3.63) is 48.4 Å². The van der Waals surface area contributed by atoms with Crippen LogP contribution in [0.4, 0.5) is 0 Å². The highest BCUT2D eigenvalue weighted by atomic mass is 32.2. The Morgan fingerprint density at radius 1 is 1.00 bits per heavy atom. The number of rotatable bonds is 7. The second kappa shape index (κ2) is 9.17. The number of nitrogens with zero attached hydrogens (tertiary/aromatic N) is 3. The summed E-state index contributed by atoms with van der Waals surface area (Å²) in [5.74, 6) is 1.98. The molecule has 0 bridgehead atoms. The number of aromatic nitrogens is 2. The molecule has 9 nitrogen and oxygen atoms in total. The van der Waals surface area contributed by atoms with Gasteiger partial charge >= 0.3 is 0 Å². The van der Waals surface area contributed by atoms with Crippen LogP contribution >= 0.6 is 0 Å². The predicted molar refractivity (Wildman–Crippen MR) is 117 cm³/mol. The van der Waals surface area contributed by atoms with Crippen LogP contribution in [0.5, 0.6) is 17.2 Å². The Balaban J connectivity index is 1.58. The van der Waals surface area contributed by atoms with Crippen molar-refractivity contribution in [3.8, 4) is 28.7 Å². The van der Waals surface area contributed by atoms with Crippen LogP contribution in [0.3, 0.4) is 0 Å². The van der Waals surface area contributed by atoms with Crippen molar-refractivity contribution >= 4 is 10.0 Å². The summed E-state index contributed by atoms with van der Waals surface area (Å²) in [5, 5.41) is 8.35. The fourth-order valence-electron chi connectivity index (χ4n) is 3.76. The Kier molecular flexibility index (Phi) is 6.33. The van der Waals surface area contributed by atoms with Gasteiger partial charge in [-0.15, -0.1) is 10.2 Å². The third-order valence-electron chi connectivity index (χ3n) is 5.48. The van der Waals surface area contributed by atoms with Crippen molar-refractivity contribution in [2.24, 2.45) is 0 Å². The van der Waals surface area contributed by atoms with Gasteiger partial charge in [0, 0.05) is 24.7 Å². The van der Waals surface area contributed by atoms with Gasteiger partial charge in [0.25, 0.3) is 0 Å². The van der Waals surface area contributed by atoms with E-state index in [0.717, 1.165) is 12.0 Å². The first-order chi connectivity index (χ1) is 15.5. The minimum absolute atomic E-state index is 0.0719. The summed E-state index contributed by atoms with van der Waals surface area (Å²) in [4.78, 5) is 0.0719. The zero-order valence-electron chi connectivity index (χ0n) is 18.1. The van der Waals surface area contributed by atoms with Gasteiger partial charge in [0.1, 0.15) is 22.1 Å². The standard InChI is InChI=1S/C22H25N3O6S/c1-28-17-8-4-6-15(12-17)21-23-24-22(31-21)16-7-5-11-25(14-16)32(26,27)20-13-18(29-2)9-10-19(20)30-3/h4,6,8-10,12-13,16H,5,7,11,14H2,1-3H3/t16-/m1/s1. The van der Waals surface area contributed by atoms with E-state index in [1.165, 1.54) is 24.6 Å². The number of hydrogen-bond acceptors (Lipinski definition) is 8. The van der Waals surface area contributed by atoms with Gasteiger partial charge in [0.05, 0.1) is 27.2 Å². The zero-order valence-corrected chi connectivity index (χ0v) is 19.0. The third-order valence-corrected chi connectivity index (χ3v) is 7.37. The van der Waals surface area contributed by atoms with Gasteiger partial charge in [-0.2, -0.15) is 4.31 Å². The normalized spacial score (nSPS) is 17.2. The molecular formula is C22H25N3O6S. The quantitative estimate of drug-likeness (QED) is 0.530. The SMILES string of the molecule is COc1cccc(-c2nnc([C@@H]3CCCN(S(=O)(=O)c4cc(OC)ccc4OC)C3)o2)c1. The fourth-order valence-corrected chi connectivity index (χ4v) is 5.45. The Bertz CT molecular complexity index is 1190. The van der Waals surface area contributed by atoms with E-state index in [1.807, 2.05) is 24.3 Å². The maximum Gasteiger partial charge on any atom is 0.247 e. The number of methoxy groups -OCH3 is 3. The highest BCUT2D eigenvalue weighted by Gasteiger charge is 2.35. The highest BCUT2D eigenvalue weighted by molar-refractivity contribution is 7.89. The number of benzene rings is 2. The first-order valence-electron chi connectivity index (χ1n) is 10.2. The lowest BCUT2D eigenvalue weighted by atomic mass is 10.00. The molecule has 0 saturated carbocycles. The van der Waals surface area contributed by atoms with Crippen LogP contribution in [0.15, 0.2) is 51.8 Å². The molecule has 32 heavy (non-hydrogen) atoms. The third kappa shape index (κ3) is 4.28. The van der Waals surface area contributed by atoms with E-state index in [4.69, 9.17) is 18.6 Å². The molecule has 0 aliphatic carbocycles. The molecule has 0 unspecified atom stereocenters. The molecule has 0 spiro atoms. The topological polar surface area (TPSA) is 104 Å². The molecule has 1 saturated heterocycles. The van der Waals surface area contributed by atoms with Gasteiger partial charge in [0.15, 0.2) is 0 Å². The van der Waals surface area contributed by atoms with Crippen LogP contribution in [0.2, 0.25) is 0 Å². The summed E-state index contributed by atoms with van der Waals surface area (Å²) in [6.45, 7) is 0.637. The lowest BCUT2D eigenvalue weighted by molar-refractivity contribution is 0.285. The molecule has 3 aromatic rings. The fraction of sp³-hybridized carbons (Fsp3) is 0.364. The van der Waals surface area contributed by atoms with E-state index in [1.54, 1.807) is 19.2 Å². The van der Waals surface area contributed by atoms with Crippen molar-refractivity contribution < 1.29 is 27.0 Å². The van der Waals surface area contributed by atoms with Gasteiger partial charge in [-0.1, -0.05) is 6.07 Å². The second-order valence-corrected chi connectivity index (χ2v) is 9.30. The molecule has 4 rings (SSSR count). The lowest BCUT2D eigenvalue weighted by Crippen LogP contribution is -2.39. The monoisotopic (exact) mass is 459 g/mol. The molecule has 0 N–H and O–H groups in total. The number of sulfonamides is 1. The van der Waals surface area contributed by atoms with Gasteiger partial charge in [-0.25, -0.2) is 8.42 Å². The molecule has 170 valence electrons. The largest absolute Gasteiger partial charge is 0.497 e. The number of hydrogen-bond donors (Lipinski definition) is 0. The first-order valence-corrected chi connectivity index (χ1v) is 11.6. The summed E-state index contributed by atoms with van der Waals surface area (Å²) in [5.41, 5.74) is 0.740. The minimum Gasteiger partial charge on any atom is -0.497 e. The Hall–Kier alpha value is -3.11. The van der Waals surface area contributed by atoms with E-state index in [-0.39, 0.29) is 23.1 Å². The van der Waals surface area contributed by atoms with Gasteiger partial charge < -0.3 is 18.6 Å². The molecular weight excluding hydrogens is 434 g/mol. The summed E-state index contributed by atoms with van der Waals surface area (Å²) in [7, 11) is 0.713. The smallest absolute Gasteiger partial charge is 0.247 e. The van der Waals surface area contributed by atoms with Crippen molar-refractivity contribution in [2.75, 3.05) is 34.4 Å². The summed E-state index contributed by atoms with van der Waals surface area (Å²) < 4.78 is 49.9. The van der Waals surface area contributed by atoms with Crippen LogP contribution in [-0.2, 0) is 10.0 Å². The molecule has 10 heteroatoms. The molecule has 1 aliphatic heterocycles. The number of piperidine rings is 1. The highest BCUT2D eigenvalue weighted by Crippen LogP contribution is 2.35. The molecule has 2 aromatic carbocycles. The van der Waals surface area contributed by atoms with Crippen LogP contribution in [0.1, 0.15) is 24.7 Å². The summed E-state index contributed by atoms with van der Waals surface area (Å²) in [6.07, 6.45) is 1.42. The van der Waals surface area contributed by atoms with Crippen molar-refractivity contribution in [2.45, 2.75) is 23.7 Å². The second-order valence-electron chi connectivity index (χ2n) is 7.40. The molecule has 1 aliphatic rings. The Morgan fingerprint density at radius 2 is 1.78 bits per heavy atom. The first kappa shape index (κ1) is 22.1. The summed E-state index contributed by atoms with van der Waals surface area (Å²) >= 11 is 0. The minimum atomic E-state index is -3.81. The number of ether oxygens (including phenoxy) is 3. The van der Waals surface area contributed by atoms with Gasteiger partial charge in [0.2, 0.25) is 21.8 Å². The predicted octanol–water partition coefficient (Wildman–Crippen LogP) is 3.33. The molecule has 0 radical (unpaired) electrons. The van der Waals surface area contributed by atoms with E-state index in [9.17, 15) is 8.42 Å².